The fourth-order valence-corrected chi connectivity index (χ4v) is 3.91. The molecule has 1 aliphatic heterocycles. The monoisotopic (exact) mass is 488 g/mol. The van der Waals surface area contributed by atoms with Crippen LogP contribution in [0.1, 0.15) is 31.9 Å². The maximum atomic E-state index is 11.9. The van der Waals surface area contributed by atoms with E-state index >= 15 is 0 Å². The highest BCUT2D eigenvalue weighted by Gasteiger charge is 2.36. The lowest BCUT2D eigenvalue weighted by Gasteiger charge is -2.36. The van der Waals surface area contributed by atoms with Crippen molar-refractivity contribution < 1.29 is 19.4 Å². The Morgan fingerprint density at radius 2 is 1.74 bits per heavy atom. The Morgan fingerprint density at radius 3 is 2.29 bits per heavy atom. The number of benzene rings is 2. The van der Waals surface area contributed by atoms with E-state index in [1.54, 1.807) is 37.8 Å². The average molecular weight is 489 g/mol. The molecule has 0 aliphatic carbocycles. The molecule has 3 rings (SSSR count). The van der Waals surface area contributed by atoms with Gasteiger partial charge in [0.25, 0.3) is 5.75 Å². The first-order valence-electron chi connectivity index (χ1n) is 10.6. The Hall–Kier alpha value is -3.46. The lowest BCUT2D eigenvalue weighted by molar-refractivity contribution is -0.396. The maximum Gasteiger partial charge on any atom is 0.322 e. The first-order valence-corrected chi connectivity index (χ1v) is 10.9. The van der Waals surface area contributed by atoms with Gasteiger partial charge in [-0.3, -0.25) is 25.1 Å². The van der Waals surface area contributed by atoms with E-state index < -0.39 is 32.4 Å². The molecule has 1 aliphatic rings. The highest BCUT2D eigenvalue weighted by atomic mass is 35.5. The molecule has 1 fully saturated rings. The van der Waals surface area contributed by atoms with Gasteiger partial charge in [0.2, 0.25) is 0 Å². The van der Waals surface area contributed by atoms with Crippen molar-refractivity contribution in [3.05, 3.63) is 78.5 Å². The number of halogens is 1. The van der Waals surface area contributed by atoms with Crippen molar-refractivity contribution in [1.82, 2.24) is 9.80 Å². The van der Waals surface area contributed by atoms with Gasteiger partial charge in [-0.15, -0.1) is 0 Å². The van der Waals surface area contributed by atoms with Crippen molar-refractivity contribution in [2.75, 3.05) is 26.4 Å². The average Bonchev–Trinajstić information content (AvgIpc) is 2.78. The molecular weight excluding hydrogens is 464 g/mol. The number of nitro benzene ring substituents is 2. The predicted octanol–water partition coefficient (Wildman–Crippen LogP) is 4.32. The Morgan fingerprint density at radius 1 is 1.06 bits per heavy atom. The molecule has 1 saturated heterocycles. The van der Waals surface area contributed by atoms with E-state index in [9.17, 15) is 25.0 Å². The van der Waals surface area contributed by atoms with Gasteiger partial charge in [0, 0.05) is 42.8 Å². The molecule has 0 radical (unpaired) electrons. The zero-order valence-electron chi connectivity index (χ0n) is 19.1. The highest BCUT2D eigenvalue weighted by Crippen LogP contribution is 2.44. The lowest BCUT2D eigenvalue weighted by atomic mass is 9.85. The van der Waals surface area contributed by atoms with Gasteiger partial charge < -0.3 is 9.64 Å². The summed E-state index contributed by atoms with van der Waals surface area (Å²) in [6, 6.07) is 10.00. The number of carbonyl (C=O) groups excluding carboxylic acids is 1. The molecule has 34 heavy (non-hydrogen) atoms. The molecule has 0 bridgehead atoms. The third-order valence-electron chi connectivity index (χ3n) is 5.54. The number of ether oxygens (including phenoxy) is 1. The topological polar surface area (TPSA) is 119 Å². The van der Waals surface area contributed by atoms with E-state index in [2.05, 4.69) is 0 Å². The van der Waals surface area contributed by atoms with E-state index in [-0.39, 0.29) is 6.73 Å². The number of hydrogen-bond acceptors (Lipinski definition) is 8. The van der Waals surface area contributed by atoms with Gasteiger partial charge in [-0.25, -0.2) is 4.79 Å². The van der Waals surface area contributed by atoms with Gasteiger partial charge in [-0.2, -0.15) is 0 Å². The Labute approximate surface area is 201 Å². The van der Waals surface area contributed by atoms with Crippen LogP contribution in [0.5, 0.6) is 5.75 Å². The Bertz CT molecular complexity index is 1140. The van der Waals surface area contributed by atoms with Crippen molar-refractivity contribution >= 4 is 28.9 Å². The van der Waals surface area contributed by atoms with Crippen molar-refractivity contribution in [2.24, 2.45) is 0 Å². The smallest absolute Gasteiger partial charge is 0.322 e. The second kappa shape index (κ2) is 10.2. The molecule has 0 saturated carbocycles. The normalized spacial score (nSPS) is 14.6. The Kier molecular flexibility index (Phi) is 7.56. The van der Waals surface area contributed by atoms with Gasteiger partial charge in [0.1, 0.15) is 11.6 Å². The summed E-state index contributed by atoms with van der Waals surface area (Å²) in [7, 11) is 0. The van der Waals surface area contributed by atoms with Gasteiger partial charge in [-0.1, -0.05) is 44.5 Å². The van der Waals surface area contributed by atoms with Crippen LogP contribution in [0.3, 0.4) is 0 Å². The van der Waals surface area contributed by atoms with Crippen LogP contribution in [-0.4, -0.2) is 52.0 Å². The minimum absolute atomic E-state index is 0.255. The van der Waals surface area contributed by atoms with Gasteiger partial charge in [0.15, 0.2) is 6.73 Å². The zero-order chi connectivity index (χ0) is 25.0. The first-order chi connectivity index (χ1) is 16.0. The van der Waals surface area contributed by atoms with Gasteiger partial charge in [-0.05, 0) is 29.2 Å². The van der Waals surface area contributed by atoms with E-state index in [0.29, 0.717) is 42.5 Å². The quantitative estimate of drug-likeness (QED) is 0.321. The number of rotatable bonds is 7. The molecule has 1 heterocycles. The molecule has 0 aromatic heterocycles. The molecule has 10 nitrogen and oxygen atoms in total. The first kappa shape index (κ1) is 25.2. The molecule has 2 aromatic carbocycles. The van der Waals surface area contributed by atoms with Crippen molar-refractivity contribution in [3.63, 3.8) is 0 Å². The van der Waals surface area contributed by atoms with E-state index in [0.717, 1.165) is 5.56 Å². The number of piperazine rings is 1. The van der Waals surface area contributed by atoms with Crippen molar-refractivity contribution in [2.45, 2.75) is 32.7 Å². The summed E-state index contributed by atoms with van der Waals surface area (Å²) in [5.41, 5.74) is 0.0631. The second-order valence-electron chi connectivity index (χ2n) is 9.00. The SMILES string of the molecule is CC(C)(C)c1ccc([N+](=O)[O-])c(OCN2CCN(Cc3ccc(Cl)cc3)CC2=C=O)c1[N+](=O)[O-]. The molecule has 11 heteroatoms. The second-order valence-corrected chi connectivity index (χ2v) is 9.43. The number of nitrogens with zero attached hydrogens (tertiary/aromatic N) is 4. The molecule has 0 spiro atoms. The van der Waals surface area contributed by atoms with Crippen molar-refractivity contribution in [1.29, 1.82) is 0 Å². The summed E-state index contributed by atoms with van der Waals surface area (Å²) in [6.45, 7) is 6.94. The molecule has 180 valence electrons. The lowest BCUT2D eigenvalue weighted by Crippen LogP contribution is -2.45. The summed E-state index contributed by atoms with van der Waals surface area (Å²) in [6.07, 6.45) is 0. The summed E-state index contributed by atoms with van der Waals surface area (Å²) < 4.78 is 5.67. The number of nitro groups is 2. The van der Waals surface area contributed by atoms with E-state index in [4.69, 9.17) is 16.3 Å². The summed E-state index contributed by atoms with van der Waals surface area (Å²) in [4.78, 5) is 37.4. The van der Waals surface area contributed by atoms with Crippen LogP contribution in [-0.2, 0) is 16.8 Å². The maximum absolute atomic E-state index is 11.9. The summed E-state index contributed by atoms with van der Waals surface area (Å²) >= 11 is 5.93. The van der Waals surface area contributed by atoms with Gasteiger partial charge in [0.05, 0.1) is 9.85 Å². The molecule has 0 atom stereocenters. The molecule has 0 amide bonds. The minimum Gasteiger partial charge on any atom is -0.461 e. The van der Waals surface area contributed by atoms with E-state index in [1.807, 2.05) is 23.0 Å². The molecule has 2 aromatic rings. The van der Waals surface area contributed by atoms with Crippen molar-refractivity contribution in [3.8, 4) is 5.75 Å². The van der Waals surface area contributed by atoms with Crippen LogP contribution in [0, 0.1) is 20.2 Å². The minimum atomic E-state index is -0.713. The molecular formula is C23H25ClN4O6. The standard InChI is InChI=1S/C23H25ClN4O6/c1-23(2,3)19-8-9-20(27(30)31)22(21(19)28(32)33)34-15-26-11-10-25(13-18(26)14-29)12-16-4-6-17(24)7-5-16/h4-9H,10-13,15H2,1-3H3. The van der Waals surface area contributed by atoms with Crippen LogP contribution < -0.4 is 4.74 Å². The largest absolute Gasteiger partial charge is 0.461 e. The Balaban J connectivity index is 1.80. The van der Waals surface area contributed by atoms with Gasteiger partial charge >= 0.3 is 11.4 Å². The fraction of sp³-hybridized carbons (Fsp3) is 0.391. The molecule has 0 unspecified atom stereocenters. The number of hydrogen-bond donors (Lipinski definition) is 0. The fourth-order valence-electron chi connectivity index (χ4n) is 3.79. The highest BCUT2D eigenvalue weighted by molar-refractivity contribution is 6.30. The third-order valence-corrected chi connectivity index (χ3v) is 5.79. The summed E-state index contributed by atoms with van der Waals surface area (Å²) in [5, 5.41) is 24.1. The summed E-state index contributed by atoms with van der Waals surface area (Å²) in [5.74, 6) is 1.49. The zero-order valence-corrected chi connectivity index (χ0v) is 19.9. The van der Waals surface area contributed by atoms with Crippen LogP contribution in [0.2, 0.25) is 5.02 Å². The third kappa shape index (κ3) is 5.72. The van der Waals surface area contributed by atoms with Crippen LogP contribution >= 0.6 is 11.6 Å². The molecule has 0 N–H and O–H groups in total. The van der Waals surface area contributed by atoms with Crippen LogP contribution in [0.4, 0.5) is 11.4 Å². The van der Waals surface area contributed by atoms with E-state index in [1.165, 1.54) is 12.1 Å². The van der Waals surface area contributed by atoms with Crippen LogP contribution in [0.15, 0.2) is 42.1 Å². The predicted molar refractivity (Wildman–Crippen MR) is 127 cm³/mol. The van der Waals surface area contributed by atoms with Crippen LogP contribution in [0.25, 0.3) is 0 Å².